The van der Waals surface area contributed by atoms with E-state index in [1.165, 1.54) is 4.68 Å². The Morgan fingerprint density at radius 3 is 2.62 bits per heavy atom. The number of ether oxygens (including phenoxy) is 2. The van der Waals surface area contributed by atoms with Crippen LogP contribution in [0.25, 0.3) is 22.0 Å². The summed E-state index contributed by atoms with van der Waals surface area (Å²) in [6.07, 6.45) is 7.93. The lowest BCUT2D eigenvalue weighted by Gasteiger charge is -2.18. The number of nitriles is 1. The molecule has 0 bridgehead atoms. The number of hydrogen-bond donors (Lipinski definition) is 4. The van der Waals surface area contributed by atoms with Gasteiger partial charge in [-0.3, -0.25) is 19.5 Å². The topological polar surface area (TPSA) is 171 Å². The second-order valence-electron chi connectivity index (χ2n) is 13.0. The van der Waals surface area contributed by atoms with E-state index in [9.17, 15) is 20.1 Å². The number of aliphatic hydroxyl groups excluding tert-OH is 2. The summed E-state index contributed by atoms with van der Waals surface area (Å²) in [5, 5.41) is 50.7. The van der Waals surface area contributed by atoms with Crippen molar-refractivity contribution in [3.63, 3.8) is 0 Å². The minimum Gasteiger partial charge on any atom is -0.488 e. The number of nitrogens with zero attached hydrogens (tertiary/aromatic N) is 6. The zero-order chi connectivity index (χ0) is 37.3. The monoisotopic (exact) mass is 805 g/mol. The number of rotatable bonds is 18. The highest BCUT2D eigenvalue weighted by molar-refractivity contribution is 9.10. The van der Waals surface area contributed by atoms with Crippen LogP contribution >= 0.6 is 27.5 Å². The quantitative estimate of drug-likeness (QED) is 0.0839. The van der Waals surface area contributed by atoms with E-state index in [1.807, 2.05) is 30.5 Å². The molecule has 6 rings (SSSR count). The van der Waals surface area contributed by atoms with Gasteiger partial charge in [0, 0.05) is 65.0 Å². The molecule has 3 heterocycles. The minimum atomic E-state index is -1.19. The average Bonchev–Trinajstić information content (AvgIpc) is 3.90. The zero-order valence-corrected chi connectivity index (χ0v) is 31.3. The summed E-state index contributed by atoms with van der Waals surface area (Å²) < 4.78 is 16.8. The molecule has 0 unspecified atom stereocenters. The summed E-state index contributed by atoms with van der Waals surface area (Å²) in [5.41, 5.74) is 5.28. The lowest BCUT2D eigenvalue weighted by atomic mass is 10.00. The Morgan fingerprint density at radius 2 is 1.85 bits per heavy atom. The first-order valence-corrected chi connectivity index (χ1v) is 18.6. The minimum absolute atomic E-state index is 0.0554. The third-order valence-electron chi connectivity index (χ3n) is 9.23. The molecule has 1 aliphatic rings. The van der Waals surface area contributed by atoms with E-state index >= 15 is 0 Å². The van der Waals surface area contributed by atoms with Gasteiger partial charge in [0.05, 0.1) is 41.7 Å². The van der Waals surface area contributed by atoms with Gasteiger partial charge in [0.15, 0.2) is 0 Å². The van der Waals surface area contributed by atoms with Crippen LogP contribution in [0.4, 0.5) is 0 Å². The summed E-state index contributed by atoms with van der Waals surface area (Å²) in [6, 6.07) is 16.4. The van der Waals surface area contributed by atoms with Gasteiger partial charge in [-0.15, -0.1) is 0 Å². The number of carboxylic acids is 1. The van der Waals surface area contributed by atoms with Crippen molar-refractivity contribution in [2.75, 3.05) is 26.2 Å². The van der Waals surface area contributed by atoms with E-state index < -0.39 is 18.6 Å². The molecule has 3 aromatic carbocycles. The highest BCUT2D eigenvalue weighted by Gasteiger charge is 2.21. The Kier molecular flexibility index (Phi) is 13.0. The van der Waals surface area contributed by atoms with Gasteiger partial charge >= 0.3 is 5.97 Å². The van der Waals surface area contributed by atoms with Crippen LogP contribution in [-0.2, 0) is 37.6 Å². The number of benzene rings is 3. The fraction of sp³-hybridized carbons (Fsp3) is 0.368. The van der Waals surface area contributed by atoms with Gasteiger partial charge in [-0.1, -0.05) is 41.9 Å². The Hall–Kier alpha value is -4.49. The lowest BCUT2D eigenvalue weighted by molar-refractivity contribution is -0.140. The van der Waals surface area contributed by atoms with Crippen molar-refractivity contribution in [1.29, 1.82) is 5.26 Å². The second kappa shape index (κ2) is 18.0. The molecule has 0 spiro atoms. The number of aryl methyl sites for hydroxylation is 1. The van der Waals surface area contributed by atoms with Crippen molar-refractivity contribution in [2.24, 2.45) is 0 Å². The Balaban J connectivity index is 1.17. The molecule has 2 aromatic heterocycles. The normalized spacial score (nSPS) is 15.1. The largest absolute Gasteiger partial charge is 0.488 e. The van der Waals surface area contributed by atoms with E-state index in [-0.39, 0.29) is 32.4 Å². The van der Waals surface area contributed by atoms with Crippen LogP contribution in [0.2, 0.25) is 5.02 Å². The number of carboxylic acid groups (broad SMARTS) is 1. The van der Waals surface area contributed by atoms with Gasteiger partial charge in [-0.2, -0.15) is 15.5 Å². The number of aromatic nitrogens is 4. The summed E-state index contributed by atoms with van der Waals surface area (Å²) in [4.78, 5) is 13.8. The summed E-state index contributed by atoms with van der Waals surface area (Å²) in [7, 11) is 0. The predicted molar refractivity (Wildman–Crippen MR) is 202 cm³/mol. The van der Waals surface area contributed by atoms with Crippen molar-refractivity contribution >= 4 is 44.4 Å². The first-order valence-electron chi connectivity index (χ1n) is 17.4. The number of likely N-dealkylation sites (tertiary alicyclic amines) is 1. The van der Waals surface area contributed by atoms with Crippen molar-refractivity contribution in [1.82, 2.24) is 29.8 Å². The van der Waals surface area contributed by atoms with E-state index in [0.29, 0.717) is 22.1 Å². The summed E-state index contributed by atoms with van der Waals surface area (Å²) in [5.74, 6) is -0.419. The van der Waals surface area contributed by atoms with E-state index in [1.54, 1.807) is 24.5 Å². The molecule has 4 N–H and O–H groups in total. The third kappa shape index (κ3) is 9.55. The standard InChI is InChI=1S/C38H41BrClN7O6/c39-37-26(5-3-7-30(37)29-6-4-8-34-31(29)19-44-47(34)12-2-1-11-45-13-9-28(49)21-45)24-53-36-16-35(52-23-25-17-43-46(20-25)14-10-41)27(15-32(36)40)18-42-33(22-48)38(50)51/h3-8,15-17,19-20,28,33,42,48-49H,1-2,9,11-14,18,21-24H2,(H,50,51)/t28-,33+/m1/s1. The van der Waals surface area contributed by atoms with E-state index in [0.717, 1.165) is 83.1 Å². The van der Waals surface area contributed by atoms with Crippen molar-refractivity contribution in [2.45, 2.75) is 64.3 Å². The molecule has 15 heteroatoms. The molecule has 0 saturated carbocycles. The molecular weight excluding hydrogens is 766 g/mol. The maximum atomic E-state index is 11.5. The molecule has 2 atom stereocenters. The number of β-amino-alcohol motifs (C(OH)–C–C–N with tert-alkyl or cyclic N) is 1. The van der Waals surface area contributed by atoms with Gasteiger partial charge in [0.1, 0.15) is 37.3 Å². The van der Waals surface area contributed by atoms with E-state index in [2.05, 4.69) is 54.1 Å². The van der Waals surface area contributed by atoms with Crippen molar-refractivity contribution in [3.8, 4) is 28.7 Å². The molecule has 1 aliphatic heterocycles. The van der Waals surface area contributed by atoms with Crippen molar-refractivity contribution in [3.05, 3.63) is 93.3 Å². The highest BCUT2D eigenvalue weighted by Crippen LogP contribution is 2.38. The third-order valence-corrected chi connectivity index (χ3v) is 10.5. The van der Waals surface area contributed by atoms with Crippen LogP contribution in [0, 0.1) is 11.3 Å². The van der Waals surface area contributed by atoms with Gasteiger partial charge in [-0.25, -0.2) is 0 Å². The molecule has 278 valence electrons. The molecular formula is C38H41BrClN7O6. The number of fused-ring (bicyclic) bond motifs is 1. The maximum Gasteiger partial charge on any atom is 0.323 e. The molecule has 1 fully saturated rings. The fourth-order valence-corrected chi connectivity index (χ4v) is 7.24. The Morgan fingerprint density at radius 1 is 1.06 bits per heavy atom. The molecule has 5 aromatic rings. The SMILES string of the molecule is N#CCn1cc(COc2cc(OCc3cccc(-c4cccc5c4cnn5CCCCN4CC[C@@H](O)C4)c3Br)c(Cl)cc2CN[C@@H](CO)C(=O)O)cn1. The number of aliphatic hydroxyl groups is 2. The van der Waals surface area contributed by atoms with Crippen LogP contribution in [0.15, 0.2) is 71.6 Å². The molecule has 13 nitrogen and oxygen atoms in total. The highest BCUT2D eigenvalue weighted by atomic mass is 79.9. The number of aliphatic carboxylic acids is 1. The molecule has 0 radical (unpaired) electrons. The van der Waals surface area contributed by atoms with Gasteiger partial charge in [0.25, 0.3) is 0 Å². The average molecular weight is 807 g/mol. The van der Waals surface area contributed by atoms with Crippen LogP contribution in [-0.4, -0.2) is 84.1 Å². The first-order chi connectivity index (χ1) is 25.7. The molecule has 1 saturated heterocycles. The smallest absolute Gasteiger partial charge is 0.323 e. The zero-order valence-electron chi connectivity index (χ0n) is 29.0. The number of carbonyl (C=O) groups is 1. The number of hydrogen-bond acceptors (Lipinski definition) is 10. The van der Waals surface area contributed by atoms with Crippen LogP contribution < -0.4 is 14.8 Å². The number of halogens is 2. The second-order valence-corrected chi connectivity index (χ2v) is 14.2. The first kappa shape index (κ1) is 38.2. The van der Waals surface area contributed by atoms with Crippen LogP contribution in [0.5, 0.6) is 11.5 Å². The fourth-order valence-electron chi connectivity index (χ4n) is 6.41. The summed E-state index contributed by atoms with van der Waals surface area (Å²) >= 11 is 10.5. The van der Waals surface area contributed by atoms with Crippen LogP contribution in [0.3, 0.4) is 0 Å². The number of nitrogens with one attached hydrogen (secondary N) is 1. The van der Waals surface area contributed by atoms with Crippen LogP contribution in [0.1, 0.15) is 36.0 Å². The summed E-state index contributed by atoms with van der Waals surface area (Å²) in [6.45, 7) is 3.40. The van der Waals surface area contributed by atoms with Gasteiger partial charge in [0.2, 0.25) is 0 Å². The molecule has 0 aliphatic carbocycles. The Bertz CT molecular complexity index is 2080. The van der Waals surface area contributed by atoms with E-state index in [4.69, 9.17) is 31.4 Å². The van der Waals surface area contributed by atoms with Crippen molar-refractivity contribution < 1.29 is 29.6 Å². The Labute approximate surface area is 320 Å². The molecule has 53 heavy (non-hydrogen) atoms. The molecule has 0 amide bonds. The predicted octanol–water partition coefficient (Wildman–Crippen LogP) is 5.38. The lowest BCUT2D eigenvalue weighted by Crippen LogP contribution is -2.39. The van der Waals surface area contributed by atoms with Gasteiger partial charge < -0.3 is 29.7 Å². The number of unbranched alkanes of at least 4 members (excludes halogenated alkanes) is 1. The maximum absolute atomic E-state index is 11.5. The van der Waals surface area contributed by atoms with Gasteiger partial charge in [-0.05, 0) is 65.0 Å².